The third-order valence-corrected chi connectivity index (χ3v) is 4.50. The normalized spacial score (nSPS) is 18.6. The second-order valence-electron chi connectivity index (χ2n) is 6.17. The van der Waals surface area contributed by atoms with Gasteiger partial charge in [-0.15, -0.1) is 0 Å². The number of ether oxygens (including phenoxy) is 1. The van der Waals surface area contributed by atoms with Gasteiger partial charge in [0.1, 0.15) is 0 Å². The van der Waals surface area contributed by atoms with Crippen molar-refractivity contribution in [2.24, 2.45) is 0 Å². The standard InChI is InChI=1S/C19H27N3O3/c1-5-15-17(18(23)25-6-2)16(21-19(24)20-15)12-22(4)13(3)14-10-8-7-9-11-14/h7-11,13,15H,5-6,12H2,1-4H3,(H2,20,21,24). The molecular weight excluding hydrogens is 318 g/mol. The number of likely N-dealkylation sites (N-methyl/N-ethyl adjacent to an activating group) is 1. The number of rotatable bonds is 7. The zero-order valence-corrected chi connectivity index (χ0v) is 15.3. The lowest BCUT2D eigenvalue weighted by Crippen LogP contribution is -2.52. The SMILES string of the molecule is CCOC(=O)C1=C(CN(C)C(C)c2ccccc2)NC(=O)NC1CC. The molecular formula is C19H27N3O3. The van der Waals surface area contributed by atoms with Crippen LogP contribution in [-0.4, -0.2) is 43.1 Å². The third-order valence-electron chi connectivity index (χ3n) is 4.50. The van der Waals surface area contributed by atoms with Crippen molar-refractivity contribution in [2.45, 2.75) is 39.3 Å². The fourth-order valence-corrected chi connectivity index (χ4v) is 2.96. The van der Waals surface area contributed by atoms with Crippen molar-refractivity contribution in [3.05, 3.63) is 47.2 Å². The molecule has 0 spiro atoms. The van der Waals surface area contributed by atoms with Gasteiger partial charge in [0.15, 0.2) is 0 Å². The van der Waals surface area contributed by atoms with Crippen molar-refractivity contribution in [3.8, 4) is 0 Å². The second-order valence-corrected chi connectivity index (χ2v) is 6.17. The zero-order chi connectivity index (χ0) is 18.4. The predicted molar refractivity (Wildman–Crippen MR) is 96.9 cm³/mol. The van der Waals surface area contributed by atoms with Crippen molar-refractivity contribution < 1.29 is 14.3 Å². The van der Waals surface area contributed by atoms with E-state index in [0.717, 1.165) is 0 Å². The van der Waals surface area contributed by atoms with Gasteiger partial charge in [-0.05, 0) is 32.9 Å². The fourth-order valence-electron chi connectivity index (χ4n) is 2.96. The minimum absolute atomic E-state index is 0.143. The molecule has 2 rings (SSSR count). The van der Waals surface area contributed by atoms with Crippen LogP contribution in [0.15, 0.2) is 41.6 Å². The van der Waals surface area contributed by atoms with Crippen molar-refractivity contribution in [3.63, 3.8) is 0 Å². The molecule has 1 aliphatic rings. The molecule has 1 heterocycles. The Hall–Kier alpha value is -2.34. The van der Waals surface area contributed by atoms with Crippen molar-refractivity contribution in [1.29, 1.82) is 0 Å². The van der Waals surface area contributed by atoms with Gasteiger partial charge in [0, 0.05) is 18.3 Å². The summed E-state index contributed by atoms with van der Waals surface area (Å²) in [6, 6.07) is 9.65. The monoisotopic (exact) mass is 345 g/mol. The van der Waals surface area contributed by atoms with E-state index in [0.29, 0.717) is 30.8 Å². The topological polar surface area (TPSA) is 70.7 Å². The second kappa shape index (κ2) is 8.67. The van der Waals surface area contributed by atoms with Gasteiger partial charge in [-0.2, -0.15) is 0 Å². The van der Waals surface area contributed by atoms with Crippen molar-refractivity contribution in [2.75, 3.05) is 20.2 Å². The molecule has 0 aliphatic carbocycles. The third kappa shape index (κ3) is 4.60. The number of nitrogens with one attached hydrogen (secondary N) is 2. The first-order chi connectivity index (χ1) is 12.0. The number of benzene rings is 1. The highest BCUT2D eigenvalue weighted by molar-refractivity contribution is 5.94. The van der Waals surface area contributed by atoms with Crippen LogP contribution in [0.4, 0.5) is 4.79 Å². The summed E-state index contributed by atoms with van der Waals surface area (Å²) < 4.78 is 5.20. The lowest BCUT2D eigenvalue weighted by atomic mass is 9.99. The summed E-state index contributed by atoms with van der Waals surface area (Å²) in [6.45, 7) is 6.56. The number of nitrogens with zero attached hydrogens (tertiary/aromatic N) is 1. The van der Waals surface area contributed by atoms with Crippen molar-refractivity contribution in [1.82, 2.24) is 15.5 Å². The van der Waals surface area contributed by atoms with Gasteiger partial charge in [-0.1, -0.05) is 37.3 Å². The predicted octanol–water partition coefficient (Wildman–Crippen LogP) is 2.59. The average Bonchev–Trinajstić information content (AvgIpc) is 2.61. The number of hydrogen-bond acceptors (Lipinski definition) is 4. The van der Waals surface area contributed by atoms with Gasteiger partial charge in [-0.3, -0.25) is 4.90 Å². The van der Waals surface area contributed by atoms with E-state index >= 15 is 0 Å². The number of carbonyl (C=O) groups is 2. The maximum atomic E-state index is 12.4. The van der Waals surface area contributed by atoms with Crippen molar-refractivity contribution >= 4 is 12.0 Å². The first kappa shape index (κ1) is 19.0. The van der Waals surface area contributed by atoms with Gasteiger partial charge in [0.05, 0.1) is 18.2 Å². The molecule has 2 atom stereocenters. The summed E-state index contributed by atoms with van der Waals surface area (Å²) >= 11 is 0. The van der Waals surface area contributed by atoms with Crippen LogP contribution in [0.2, 0.25) is 0 Å². The molecule has 0 fully saturated rings. The Kier molecular flexibility index (Phi) is 6.58. The van der Waals surface area contributed by atoms with Gasteiger partial charge in [-0.25, -0.2) is 9.59 Å². The first-order valence-corrected chi connectivity index (χ1v) is 8.70. The van der Waals surface area contributed by atoms with E-state index < -0.39 is 0 Å². The lowest BCUT2D eigenvalue weighted by Gasteiger charge is -2.32. The molecule has 136 valence electrons. The van der Waals surface area contributed by atoms with Gasteiger partial charge in [0.25, 0.3) is 0 Å². The molecule has 0 bridgehead atoms. The van der Waals surface area contributed by atoms with E-state index in [4.69, 9.17) is 4.74 Å². The van der Waals surface area contributed by atoms with Crippen LogP contribution >= 0.6 is 0 Å². The summed E-state index contributed by atoms with van der Waals surface area (Å²) in [7, 11) is 1.97. The Morgan fingerprint density at radius 2 is 1.96 bits per heavy atom. The summed E-state index contributed by atoms with van der Waals surface area (Å²) in [5.74, 6) is -0.377. The van der Waals surface area contributed by atoms with E-state index in [1.54, 1.807) is 6.92 Å². The van der Waals surface area contributed by atoms with E-state index in [2.05, 4.69) is 34.6 Å². The number of amides is 2. The molecule has 0 radical (unpaired) electrons. The first-order valence-electron chi connectivity index (χ1n) is 8.70. The summed E-state index contributed by atoms with van der Waals surface area (Å²) in [5.41, 5.74) is 2.30. The highest BCUT2D eigenvalue weighted by Crippen LogP contribution is 2.22. The summed E-state index contributed by atoms with van der Waals surface area (Å²) in [4.78, 5) is 26.5. The Balaban J connectivity index is 2.27. The number of hydrogen-bond donors (Lipinski definition) is 2. The number of esters is 1. The Morgan fingerprint density at radius 1 is 1.28 bits per heavy atom. The summed E-state index contributed by atoms with van der Waals surface area (Å²) in [6.07, 6.45) is 0.628. The largest absolute Gasteiger partial charge is 0.463 e. The molecule has 25 heavy (non-hydrogen) atoms. The molecule has 0 aromatic heterocycles. The Labute approximate surface area is 149 Å². The number of urea groups is 1. The maximum absolute atomic E-state index is 12.4. The fraction of sp³-hybridized carbons (Fsp3) is 0.474. The van der Waals surface area contributed by atoms with Gasteiger partial charge < -0.3 is 15.4 Å². The molecule has 6 heteroatoms. The number of carbonyl (C=O) groups excluding carboxylic acids is 2. The van der Waals surface area contributed by atoms with Gasteiger partial charge >= 0.3 is 12.0 Å². The van der Waals surface area contributed by atoms with E-state index in [-0.39, 0.29) is 24.1 Å². The van der Waals surface area contributed by atoms with Crippen LogP contribution in [-0.2, 0) is 9.53 Å². The maximum Gasteiger partial charge on any atom is 0.337 e. The van der Waals surface area contributed by atoms with Crippen LogP contribution in [0.25, 0.3) is 0 Å². The highest BCUT2D eigenvalue weighted by Gasteiger charge is 2.32. The van der Waals surface area contributed by atoms with Crippen LogP contribution in [0, 0.1) is 0 Å². The quantitative estimate of drug-likeness (QED) is 0.745. The molecule has 1 aromatic carbocycles. The molecule has 2 N–H and O–H groups in total. The van der Waals surface area contributed by atoms with Gasteiger partial charge in [0.2, 0.25) is 0 Å². The van der Waals surface area contributed by atoms with E-state index in [9.17, 15) is 9.59 Å². The van der Waals surface area contributed by atoms with Crippen LogP contribution in [0.5, 0.6) is 0 Å². The average molecular weight is 345 g/mol. The molecule has 0 saturated heterocycles. The molecule has 2 amide bonds. The lowest BCUT2D eigenvalue weighted by molar-refractivity contribution is -0.139. The molecule has 6 nitrogen and oxygen atoms in total. The van der Waals surface area contributed by atoms with E-state index in [1.807, 2.05) is 32.2 Å². The van der Waals surface area contributed by atoms with E-state index in [1.165, 1.54) is 5.56 Å². The summed E-state index contributed by atoms with van der Waals surface area (Å²) in [5, 5.41) is 5.59. The molecule has 1 aromatic rings. The molecule has 2 unspecified atom stereocenters. The minimum Gasteiger partial charge on any atom is -0.463 e. The highest BCUT2D eigenvalue weighted by atomic mass is 16.5. The Bertz CT molecular complexity index is 643. The van der Waals surface area contributed by atoms with Crippen LogP contribution in [0.3, 0.4) is 0 Å². The molecule has 1 aliphatic heterocycles. The minimum atomic E-state index is -0.377. The smallest absolute Gasteiger partial charge is 0.337 e. The van der Waals surface area contributed by atoms with Crippen LogP contribution in [0.1, 0.15) is 38.8 Å². The van der Waals surface area contributed by atoms with Crippen LogP contribution < -0.4 is 10.6 Å². The zero-order valence-electron chi connectivity index (χ0n) is 15.3. The molecule has 0 saturated carbocycles. The Morgan fingerprint density at radius 3 is 2.56 bits per heavy atom.